The van der Waals surface area contributed by atoms with E-state index in [4.69, 9.17) is 4.98 Å². The third kappa shape index (κ3) is 5.65. The Kier molecular flexibility index (Phi) is 8.11. The van der Waals surface area contributed by atoms with Crippen LogP contribution >= 0.6 is 24.8 Å². The third-order valence-corrected chi connectivity index (χ3v) is 5.74. The van der Waals surface area contributed by atoms with Crippen LogP contribution in [-0.2, 0) is 7.05 Å². The Labute approximate surface area is 210 Å². The van der Waals surface area contributed by atoms with Crippen LogP contribution in [0.15, 0.2) is 18.5 Å². The average molecular weight is 511 g/mol. The maximum Gasteiger partial charge on any atom is 0.230 e. The molecule has 4 heterocycles. The number of hydrogen-bond acceptors (Lipinski definition) is 9. The van der Waals surface area contributed by atoms with E-state index in [2.05, 4.69) is 48.1 Å². The highest BCUT2D eigenvalue weighted by Crippen LogP contribution is 2.42. The Morgan fingerprint density at radius 2 is 1.94 bits per heavy atom. The average Bonchev–Trinajstić information content (AvgIpc) is 3.52. The van der Waals surface area contributed by atoms with Crippen LogP contribution < -0.4 is 20.9 Å². The van der Waals surface area contributed by atoms with Crippen molar-refractivity contribution in [3.63, 3.8) is 0 Å². The van der Waals surface area contributed by atoms with E-state index >= 15 is 0 Å². The smallest absolute Gasteiger partial charge is 0.230 e. The number of pyridine rings is 1. The standard InChI is InChI=1S/C21H27FN10.2ClH/c1-12-10-32(7-6-23-12)16-9-24-21(28-20(16)26-18-11-31(3)30-29-18)27-17-8-15(14-4-5-14)19(22)13(2)25-17;;/h8-9,11-12,14,23H,4-7,10H2,1-3H3,(H2,24,25,26,27,28);2*1H. The third-order valence-electron chi connectivity index (χ3n) is 5.74. The number of nitrogens with zero attached hydrogens (tertiary/aromatic N) is 7. The van der Waals surface area contributed by atoms with E-state index in [0.717, 1.165) is 38.2 Å². The van der Waals surface area contributed by atoms with Gasteiger partial charge >= 0.3 is 0 Å². The second kappa shape index (κ2) is 10.7. The molecular formula is C21H29Cl2FN10. The summed E-state index contributed by atoms with van der Waals surface area (Å²) in [5.41, 5.74) is 1.97. The fraction of sp³-hybridized carbons (Fsp3) is 0.476. The van der Waals surface area contributed by atoms with Crippen LogP contribution in [0.25, 0.3) is 0 Å². The molecule has 0 amide bonds. The molecule has 1 unspecified atom stereocenters. The van der Waals surface area contributed by atoms with Crippen LogP contribution in [0.2, 0.25) is 0 Å². The van der Waals surface area contributed by atoms with Crippen molar-refractivity contribution < 1.29 is 4.39 Å². The lowest BCUT2D eigenvalue weighted by molar-refractivity contribution is 0.484. The number of piperazine rings is 1. The first-order valence-corrected chi connectivity index (χ1v) is 10.9. The fourth-order valence-corrected chi connectivity index (χ4v) is 3.99. The van der Waals surface area contributed by atoms with Crippen LogP contribution in [0.3, 0.4) is 0 Å². The molecule has 0 aromatic carbocycles. The minimum atomic E-state index is -0.216. The Hall–Kier alpha value is -2.76. The van der Waals surface area contributed by atoms with Crippen molar-refractivity contribution >= 4 is 53.9 Å². The van der Waals surface area contributed by atoms with Gasteiger partial charge in [-0.15, -0.1) is 29.9 Å². The minimum Gasteiger partial charge on any atom is -0.364 e. The van der Waals surface area contributed by atoms with E-state index in [-0.39, 0.29) is 36.5 Å². The summed E-state index contributed by atoms with van der Waals surface area (Å²) in [6.07, 6.45) is 5.61. The van der Waals surface area contributed by atoms with Gasteiger partial charge in [-0.25, -0.2) is 14.4 Å². The van der Waals surface area contributed by atoms with E-state index in [1.165, 1.54) is 0 Å². The van der Waals surface area contributed by atoms with Gasteiger partial charge in [0.1, 0.15) is 11.6 Å². The number of anilines is 5. The highest BCUT2D eigenvalue weighted by Gasteiger charge is 2.28. The van der Waals surface area contributed by atoms with Crippen molar-refractivity contribution in [3.8, 4) is 0 Å². The van der Waals surface area contributed by atoms with Gasteiger partial charge in [0, 0.05) is 32.7 Å². The molecule has 5 rings (SSSR count). The fourth-order valence-electron chi connectivity index (χ4n) is 3.99. The number of hydrogen-bond donors (Lipinski definition) is 3. The van der Waals surface area contributed by atoms with Crippen molar-refractivity contribution in [2.75, 3.05) is 35.2 Å². The van der Waals surface area contributed by atoms with Crippen LogP contribution in [0.4, 0.5) is 33.5 Å². The molecule has 3 aromatic heterocycles. The predicted molar refractivity (Wildman–Crippen MR) is 135 cm³/mol. The Morgan fingerprint density at radius 3 is 2.62 bits per heavy atom. The number of rotatable bonds is 6. The molecule has 1 saturated heterocycles. The van der Waals surface area contributed by atoms with Crippen LogP contribution in [0.5, 0.6) is 0 Å². The lowest BCUT2D eigenvalue weighted by atomic mass is 10.1. The summed E-state index contributed by atoms with van der Waals surface area (Å²) < 4.78 is 16.1. The summed E-state index contributed by atoms with van der Waals surface area (Å²) in [5, 5.41) is 18.0. The Morgan fingerprint density at radius 1 is 1.15 bits per heavy atom. The van der Waals surface area contributed by atoms with E-state index in [1.807, 2.05) is 7.05 Å². The van der Waals surface area contributed by atoms with Gasteiger partial charge in [0.15, 0.2) is 11.6 Å². The highest BCUT2D eigenvalue weighted by atomic mass is 35.5. The number of halogens is 3. The van der Waals surface area contributed by atoms with Crippen LogP contribution in [-0.4, -0.2) is 55.6 Å². The van der Waals surface area contributed by atoms with Crippen molar-refractivity contribution in [1.29, 1.82) is 0 Å². The van der Waals surface area contributed by atoms with Crippen molar-refractivity contribution in [2.24, 2.45) is 7.05 Å². The van der Waals surface area contributed by atoms with Crippen LogP contribution in [0, 0.1) is 12.7 Å². The normalized spacial score (nSPS) is 17.5. The molecule has 13 heteroatoms. The van der Waals surface area contributed by atoms with Crippen molar-refractivity contribution in [1.82, 2.24) is 35.3 Å². The summed E-state index contributed by atoms with van der Waals surface area (Å²) in [6.45, 7) is 6.41. The van der Waals surface area contributed by atoms with Crippen LogP contribution in [0.1, 0.15) is 36.9 Å². The zero-order valence-corrected chi connectivity index (χ0v) is 20.9. The van der Waals surface area contributed by atoms with Gasteiger partial charge in [-0.1, -0.05) is 5.21 Å². The summed E-state index contributed by atoms with van der Waals surface area (Å²) in [5.74, 6) is 2.20. The first-order valence-electron chi connectivity index (χ1n) is 10.9. The minimum absolute atomic E-state index is 0. The molecule has 1 saturated carbocycles. The highest BCUT2D eigenvalue weighted by molar-refractivity contribution is 5.85. The zero-order valence-electron chi connectivity index (χ0n) is 19.2. The molecule has 0 radical (unpaired) electrons. The summed E-state index contributed by atoms with van der Waals surface area (Å²) in [6, 6.07) is 2.13. The summed E-state index contributed by atoms with van der Waals surface area (Å²) in [4.78, 5) is 15.8. The van der Waals surface area contributed by atoms with Gasteiger partial charge in [0.2, 0.25) is 5.95 Å². The Bertz CT molecular complexity index is 1140. The molecule has 3 aromatic rings. The van der Waals surface area contributed by atoms with Gasteiger partial charge < -0.3 is 20.9 Å². The van der Waals surface area contributed by atoms with Gasteiger partial charge in [-0.05, 0) is 44.2 Å². The number of nitrogens with one attached hydrogen (secondary N) is 3. The molecular weight excluding hydrogens is 482 g/mol. The first kappa shape index (κ1) is 25.9. The lowest BCUT2D eigenvalue weighted by Crippen LogP contribution is -2.49. The molecule has 2 fully saturated rings. The van der Waals surface area contributed by atoms with Gasteiger partial charge in [-0.3, -0.25) is 4.68 Å². The SMILES string of the molecule is Cc1nc(Nc2ncc(N3CCNC(C)C3)c(Nc3cn(C)nn3)n2)cc(C2CC2)c1F.Cl.Cl. The monoisotopic (exact) mass is 510 g/mol. The van der Waals surface area contributed by atoms with E-state index < -0.39 is 0 Å². The maximum atomic E-state index is 14.5. The van der Waals surface area contributed by atoms with Gasteiger partial charge in [0.05, 0.1) is 23.8 Å². The molecule has 1 aliphatic carbocycles. The second-order valence-corrected chi connectivity index (χ2v) is 8.53. The zero-order chi connectivity index (χ0) is 22.2. The molecule has 184 valence electrons. The van der Waals surface area contributed by atoms with Crippen molar-refractivity contribution in [3.05, 3.63) is 35.5 Å². The molecule has 10 nitrogen and oxygen atoms in total. The summed E-state index contributed by atoms with van der Waals surface area (Å²) in [7, 11) is 1.81. The largest absolute Gasteiger partial charge is 0.364 e. The summed E-state index contributed by atoms with van der Waals surface area (Å²) >= 11 is 0. The van der Waals surface area contributed by atoms with Gasteiger partial charge in [-0.2, -0.15) is 4.98 Å². The molecule has 1 aliphatic heterocycles. The molecule has 2 aliphatic rings. The molecule has 1 atom stereocenters. The number of aromatic nitrogens is 6. The Balaban J connectivity index is 0.00000162. The molecule has 34 heavy (non-hydrogen) atoms. The van der Waals surface area contributed by atoms with E-state index in [0.29, 0.717) is 40.7 Å². The maximum absolute atomic E-state index is 14.5. The van der Waals surface area contributed by atoms with E-state index in [1.54, 1.807) is 30.1 Å². The quantitative estimate of drug-likeness (QED) is 0.459. The lowest BCUT2D eigenvalue weighted by Gasteiger charge is -2.34. The predicted octanol–water partition coefficient (Wildman–Crippen LogP) is 3.45. The van der Waals surface area contributed by atoms with Crippen molar-refractivity contribution in [2.45, 2.75) is 38.6 Å². The molecule has 3 N–H and O–H groups in total. The number of aryl methyl sites for hydroxylation is 2. The van der Waals surface area contributed by atoms with E-state index in [9.17, 15) is 4.39 Å². The first-order chi connectivity index (χ1) is 15.5. The second-order valence-electron chi connectivity index (χ2n) is 8.53. The van der Waals surface area contributed by atoms with Gasteiger partial charge in [0.25, 0.3) is 0 Å². The molecule has 0 bridgehead atoms. The topological polar surface area (TPSA) is 109 Å². The molecule has 0 spiro atoms.